The normalized spacial score (nSPS) is 16.4. The van der Waals surface area contributed by atoms with Crippen LogP contribution in [0.2, 0.25) is 0 Å². The molecule has 3 aromatic rings. The van der Waals surface area contributed by atoms with Crippen molar-refractivity contribution in [2.45, 2.75) is 38.3 Å². The number of carbonyl (C=O) groups is 2. The molecular weight excluding hydrogens is 565 g/mol. The van der Waals surface area contributed by atoms with Crippen LogP contribution in [-0.4, -0.2) is 81.7 Å². The predicted octanol–water partition coefficient (Wildman–Crippen LogP) is 3.94. The van der Waals surface area contributed by atoms with E-state index in [1.54, 1.807) is 16.6 Å². The number of alkyl halides is 3. The van der Waals surface area contributed by atoms with Crippen molar-refractivity contribution in [1.82, 2.24) is 29.8 Å². The minimum Gasteiger partial charge on any atom is -0.382 e. The minimum absolute atomic E-state index is 0.0214. The number of nitrogens with two attached hydrogens (primary N) is 1. The summed E-state index contributed by atoms with van der Waals surface area (Å²) >= 11 is 0. The van der Waals surface area contributed by atoms with Crippen LogP contribution >= 0.6 is 0 Å². The number of hydrogen-bond acceptors (Lipinski definition) is 8. The fraction of sp³-hybridized carbons (Fsp3) is 0.379. The largest absolute Gasteiger partial charge is 0.416 e. The summed E-state index contributed by atoms with van der Waals surface area (Å²) < 4.78 is 46.3. The van der Waals surface area contributed by atoms with Crippen LogP contribution in [0.15, 0.2) is 59.9 Å². The van der Waals surface area contributed by atoms with Crippen LogP contribution in [0.25, 0.3) is 16.8 Å². The van der Waals surface area contributed by atoms with Gasteiger partial charge in [0.25, 0.3) is 5.91 Å². The zero-order valence-electron chi connectivity index (χ0n) is 23.9. The first-order chi connectivity index (χ1) is 20.6. The number of carbonyl (C=O) groups excluding carboxylic acids is 2. The van der Waals surface area contributed by atoms with Gasteiger partial charge in [-0.25, -0.2) is 14.5 Å². The molecule has 1 saturated heterocycles. The maximum atomic E-state index is 13.1. The maximum absolute atomic E-state index is 13.1. The average molecular weight is 599 g/mol. The number of nitrogens with one attached hydrogen (secondary N) is 1. The number of imidazole rings is 1. The molecule has 14 heteroatoms. The molecule has 1 fully saturated rings. The van der Waals surface area contributed by atoms with E-state index in [0.717, 1.165) is 12.8 Å². The van der Waals surface area contributed by atoms with Gasteiger partial charge >= 0.3 is 6.18 Å². The summed E-state index contributed by atoms with van der Waals surface area (Å²) in [6.45, 7) is 7.11. The smallest absolute Gasteiger partial charge is 0.382 e. The van der Waals surface area contributed by atoms with Crippen molar-refractivity contribution in [3.63, 3.8) is 0 Å². The number of allylic oxidation sites excluding steroid dienone is 2. The van der Waals surface area contributed by atoms with Crippen molar-refractivity contribution in [2.24, 2.45) is 4.99 Å². The number of likely N-dealkylation sites (tertiary alicyclic amines) is 1. The number of ether oxygens (including phenoxy) is 1. The molecule has 0 radical (unpaired) electrons. The second-order valence-electron chi connectivity index (χ2n) is 9.79. The molecule has 2 aromatic heterocycles. The number of fused-ring (bicyclic) bond motifs is 1. The van der Waals surface area contributed by atoms with E-state index in [1.807, 2.05) is 11.8 Å². The highest BCUT2D eigenvalue weighted by molar-refractivity contribution is 6.10. The van der Waals surface area contributed by atoms with Gasteiger partial charge in [0.2, 0.25) is 5.91 Å². The van der Waals surface area contributed by atoms with Gasteiger partial charge in [-0.15, -0.1) is 0 Å². The number of benzene rings is 1. The quantitative estimate of drug-likeness (QED) is 0.165. The van der Waals surface area contributed by atoms with Gasteiger partial charge in [-0.05, 0) is 38.0 Å². The highest BCUT2D eigenvalue weighted by atomic mass is 19.4. The molecule has 1 unspecified atom stereocenters. The lowest BCUT2D eigenvalue weighted by Crippen LogP contribution is -2.40. The molecule has 3 N–H and O–H groups in total. The van der Waals surface area contributed by atoms with Crippen LogP contribution in [0.3, 0.4) is 0 Å². The number of nitrogens with zero attached hydrogens (tertiary/aromatic N) is 6. The molecule has 11 nitrogen and oxygen atoms in total. The molecular formula is C29H33F3N8O3. The van der Waals surface area contributed by atoms with E-state index >= 15 is 0 Å². The third-order valence-electron chi connectivity index (χ3n) is 7.03. The highest BCUT2D eigenvalue weighted by Gasteiger charge is 2.32. The number of piperidine rings is 1. The Balaban J connectivity index is 1.58. The molecule has 0 bridgehead atoms. The topological polar surface area (TPSA) is 140 Å². The zero-order chi connectivity index (χ0) is 31.1. The summed E-state index contributed by atoms with van der Waals surface area (Å²) in [5.74, 6) is -0.140. The molecule has 1 aliphatic heterocycles. The Labute approximate surface area is 246 Å². The average Bonchev–Trinajstić information content (AvgIpc) is 3.39. The van der Waals surface area contributed by atoms with Crippen LogP contribution in [-0.2, 0) is 9.53 Å². The molecule has 43 heavy (non-hydrogen) atoms. The van der Waals surface area contributed by atoms with E-state index in [0.29, 0.717) is 67.5 Å². The molecule has 4 rings (SSSR count). The first-order valence-corrected chi connectivity index (χ1v) is 13.7. The monoisotopic (exact) mass is 598 g/mol. The lowest BCUT2D eigenvalue weighted by atomic mass is 9.97. The van der Waals surface area contributed by atoms with Gasteiger partial charge in [0.1, 0.15) is 29.2 Å². The van der Waals surface area contributed by atoms with Gasteiger partial charge in [-0.1, -0.05) is 24.8 Å². The maximum Gasteiger partial charge on any atom is 0.416 e. The lowest BCUT2D eigenvalue weighted by molar-refractivity contribution is -0.133. The van der Waals surface area contributed by atoms with Crippen molar-refractivity contribution in [1.29, 1.82) is 0 Å². The Morgan fingerprint density at radius 2 is 2.02 bits per heavy atom. The van der Waals surface area contributed by atoms with Crippen molar-refractivity contribution in [3.05, 3.63) is 66.3 Å². The highest BCUT2D eigenvalue weighted by Crippen LogP contribution is 2.33. The summed E-state index contributed by atoms with van der Waals surface area (Å²) in [5.41, 5.74) is 7.01. The lowest BCUT2D eigenvalue weighted by Gasteiger charge is -2.32. The van der Waals surface area contributed by atoms with Crippen LogP contribution in [0.4, 0.5) is 19.0 Å². The van der Waals surface area contributed by atoms with E-state index in [4.69, 9.17) is 15.5 Å². The van der Waals surface area contributed by atoms with Crippen LogP contribution < -0.4 is 11.1 Å². The van der Waals surface area contributed by atoms with Gasteiger partial charge in [0, 0.05) is 43.8 Å². The van der Waals surface area contributed by atoms with Crippen molar-refractivity contribution in [2.75, 3.05) is 39.1 Å². The molecule has 0 saturated carbocycles. The van der Waals surface area contributed by atoms with Gasteiger partial charge in [-0.3, -0.25) is 14.6 Å². The molecule has 1 atom stereocenters. The number of amidine groups is 1. The van der Waals surface area contributed by atoms with Crippen LogP contribution in [0.1, 0.15) is 48.3 Å². The second kappa shape index (κ2) is 13.6. The van der Waals surface area contributed by atoms with Gasteiger partial charge in [0.15, 0.2) is 5.82 Å². The van der Waals surface area contributed by atoms with E-state index in [-0.39, 0.29) is 29.0 Å². The Hall–Kier alpha value is -4.59. The third-order valence-corrected chi connectivity index (χ3v) is 7.03. The number of aliphatic imine (C=N–C) groups is 1. The molecule has 228 valence electrons. The SMILES string of the molecule is C=C/C(=C\C(=NC)NC(=O)c1ccc(-c2nc(C3CCCN(C(=O)CCOCC)C3)n3ncnc(N)c23)cc1)C(F)(F)F. The molecule has 1 aliphatic rings. The van der Waals surface area contributed by atoms with Crippen LogP contribution in [0.5, 0.6) is 0 Å². The Morgan fingerprint density at radius 3 is 2.67 bits per heavy atom. The van der Waals surface area contributed by atoms with Crippen molar-refractivity contribution in [3.8, 4) is 11.3 Å². The number of amides is 2. The van der Waals surface area contributed by atoms with E-state index < -0.39 is 17.7 Å². The van der Waals surface area contributed by atoms with Gasteiger partial charge in [0.05, 0.1) is 18.6 Å². The first-order valence-electron chi connectivity index (χ1n) is 13.7. The second-order valence-corrected chi connectivity index (χ2v) is 9.79. The van der Waals surface area contributed by atoms with Gasteiger partial charge < -0.3 is 20.7 Å². The number of rotatable bonds is 9. The summed E-state index contributed by atoms with van der Waals surface area (Å²) in [4.78, 5) is 40.1. The number of hydrogen-bond donors (Lipinski definition) is 2. The first kappa shape index (κ1) is 31.3. The molecule has 0 spiro atoms. The fourth-order valence-corrected chi connectivity index (χ4v) is 4.85. The number of nitrogen functional groups attached to an aromatic ring is 1. The zero-order valence-corrected chi connectivity index (χ0v) is 23.9. The summed E-state index contributed by atoms with van der Waals surface area (Å²) in [7, 11) is 1.27. The molecule has 0 aliphatic carbocycles. The van der Waals surface area contributed by atoms with E-state index in [9.17, 15) is 22.8 Å². The fourth-order valence-electron chi connectivity index (χ4n) is 4.85. The van der Waals surface area contributed by atoms with E-state index in [2.05, 4.69) is 27.0 Å². The number of halogens is 3. The van der Waals surface area contributed by atoms with Crippen molar-refractivity contribution >= 4 is 29.0 Å². The predicted molar refractivity (Wildman–Crippen MR) is 155 cm³/mol. The third kappa shape index (κ3) is 7.25. The Bertz CT molecular complexity index is 1550. The summed E-state index contributed by atoms with van der Waals surface area (Å²) in [6, 6.07) is 6.34. The van der Waals surface area contributed by atoms with Crippen LogP contribution in [0, 0.1) is 0 Å². The van der Waals surface area contributed by atoms with E-state index in [1.165, 1.54) is 25.5 Å². The van der Waals surface area contributed by atoms with Gasteiger partial charge in [-0.2, -0.15) is 18.3 Å². The molecule has 2 amide bonds. The summed E-state index contributed by atoms with van der Waals surface area (Å²) in [5, 5.41) is 6.78. The standard InChI is InChI=1S/C29H33F3N8O3/c1-4-21(29(30,31)32)15-22(34-3)37-28(42)19-10-8-18(9-11-19)24-25-26(33)35-17-36-40(25)27(38-24)20-7-6-13-39(16-20)23(41)12-14-43-5-2/h4,8-11,15,17,20H,1,5-7,12-14,16H2,2-3H3,(H2,33,35,36)(H,34,37,42)/b21-15+. The summed E-state index contributed by atoms with van der Waals surface area (Å²) in [6.07, 6.45) is -0.0320. The molecule has 3 heterocycles. The minimum atomic E-state index is -4.64. The molecule has 1 aromatic carbocycles. The van der Waals surface area contributed by atoms with Crippen molar-refractivity contribution < 1.29 is 27.5 Å². The number of aromatic nitrogens is 4. The Kier molecular flexibility index (Phi) is 9.91. The Morgan fingerprint density at radius 1 is 1.28 bits per heavy atom. The number of anilines is 1.